The number of aromatic nitrogens is 1. The average Bonchev–Trinajstić information content (AvgIpc) is 3.36. The van der Waals surface area contributed by atoms with Gasteiger partial charge in [0.1, 0.15) is 6.54 Å². The molecule has 0 radical (unpaired) electrons. The van der Waals surface area contributed by atoms with Gasteiger partial charge >= 0.3 is 0 Å². The van der Waals surface area contributed by atoms with Crippen molar-refractivity contribution >= 4 is 45.8 Å². The van der Waals surface area contributed by atoms with Crippen molar-refractivity contribution in [3.05, 3.63) is 76.8 Å². The Kier molecular flexibility index (Phi) is 7.28. The van der Waals surface area contributed by atoms with Crippen molar-refractivity contribution in [1.29, 1.82) is 0 Å². The Labute approximate surface area is 215 Å². The van der Waals surface area contributed by atoms with Crippen LogP contribution in [0.5, 0.6) is 0 Å². The zero-order chi connectivity index (χ0) is 25.1. The largest absolute Gasteiger partial charge is 0.338 e. The molecule has 5 rings (SSSR count). The number of thioether (sulfide) groups is 1. The monoisotopic (exact) mass is 501 g/mol. The number of carbonyl (C=O) groups is 3. The third kappa shape index (κ3) is 5.12. The molecule has 0 unspecified atom stereocenters. The van der Waals surface area contributed by atoms with Crippen LogP contribution in [0.2, 0.25) is 0 Å². The molecule has 1 aromatic heterocycles. The van der Waals surface area contributed by atoms with E-state index in [-0.39, 0.29) is 29.6 Å². The van der Waals surface area contributed by atoms with Crippen LogP contribution in [-0.4, -0.2) is 50.6 Å². The van der Waals surface area contributed by atoms with Gasteiger partial charge in [-0.25, -0.2) is 0 Å². The maximum absolute atomic E-state index is 13.1. The first-order valence-corrected chi connectivity index (χ1v) is 13.5. The number of carbonyl (C=O) groups excluding carboxylic acids is 3. The van der Waals surface area contributed by atoms with Crippen LogP contribution in [0.1, 0.15) is 43.7 Å². The van der Waals surface area contributed by atoms with E-state index in [0.717, 1.165) is 60.5 Å². The van der Waals surface area contributed by atoms with Crippen LogP contribution in [0.15, 0.2) is 65.7 Å². The van der Waals surface area contributed by atoms with Gasteiger partial charge < -0.3 is 9.47 Å². The van der Waals surface area contributed by atoms with Crippen molar-refractivity contribution in [1.82, 2.24) is 14.4 Å². The second-order valence-electron chi connectivity index (χ2n) is 9.58. The lowest BCUT2D eigenvalue weighted by molar-refractivity contribution is -0.135. The highest BCUT2D eigenvalue weighted by molar-refractivity contribution is 8.18. The van der Waals surface area contributed by atoms with E-state index in [0.29, 0.717) is 11.4 Å². The first kappa shape index (κ1) is 24.4. The number of fused-ring (bicyclic) bond motifs is 1. The van der Waals surface area contributed by atoms with E-state index in [2.05, 4.69) is 19.1 Å². The minimum Gasteiger partial charge on any atom is -0.338 e. The molecule has 3 aromatic rings. The number of hydrogen-bond acceptors (Lipinski definition) is 4. The third-order valence-corrected chi connectivity index (χ3v) is 8.01. The minimum absolute atomic E-state index is 0.119. The lowest BCUT2D eigenvalue weighted by Crippen LogP contribution is -2.43. The van der Waals surface area contributed by atoms with E-state index in [1.54, 1.807) is 6.08 Å². The van der Waals surface area contributed by atoms with Crippen LogP contribution >= 0.6 is 11.8 Å². The van der Waals surface area contributed by atoms with Crippen molar-refractivity contribution in [2.24, 2.45) is 0 Å². The predicted molar refractivity (Wildman–Crippen MR) is 144 cm³/mol. The van der Waals surface area contributed by atoms with Gasteiger partial charge in [0.15, 0.2) is 0 Å². The lowest BCUT2D eigenvalue weighted by Gasteiger charge is -2.33. The Morgan fingerprint density at radius 3 is 2.64 bits per heavy atom. The van der Waals surface area contributed by atoms with Crippen molar-refractivity contribution < 1.29 is 14.4 Å². The van der Waals surface area contributed by atoms with Crippen LogP contribution in [0.3, 0.4) is 0 Å². The second-order valence-corrected chi connectivity index (χ2v) is 10.6. The molecule has 3 amide bonds. The zero-order valence-corrected chi connectivity index (χ0v) is 21.4. The van der Waals surface area contributed by atoms with Gasteiger partial charge in [0.05, 0.1) is 4.91 Å². The van der Waals surface area contributed by atoms with Crippen LogP contribution in [0.4, 0.5) is 4.79 Å². The van der Waals surface area contributed by atoms with E-state index in [1.807, 2.05) is 58.1 Å². The number of benzene rings is 2. The zero-order valence-electron chi connectivity index (χ0n) is 20.6. The van der Waals surface area contributed by atoms with Crippen LogP contribution in [0, 0.1) is 0 Å². The highest BCUT2D eigenvalue weighted by atomic mass is 32.2. The third-order valence-electron chi connectivity index (χ3n) is 7.10. The summed E-state index contributed by atoms with van der Waals surface area (Å²) in [4.78, 5) is 42.6. The van der Waals surface area contributed by atoms with Crippen molar-refractivity contribution in [3.8, 4) is 0 Å². The van der Waals surface area contributed by atoms with E-state index in [1.165, 1.54) is 16.9 Å². The molecule has 1 atom stereocenters. The summed E-state index contributed by atoms with van der Waals surface area (Å²) in [7, 11) is 0. The summed E-state index contributed by atoms with van der Waals surface area (Å²) in [5.41, 5.74) is 2.99. The molecule has 2 saturated heterocycles. The quantitative estimate of drug-likeness (QED) is 0.389. The van der Waals surface area contributed by atoms with Gasteiger partial charge in [-0.1, -0.05) is 48.5 Å². The normalized spacial score (nSPS) is 19.6. The maximum atomic E-state index is 13.1. The fourth-order valence-electron chi connectivity index (χ4n) is 5.15. The van der Waals surface area contributed by atoms with Crippen molar-refractivity contribution in [3.63, 3.8) is 0 Å². The number of imide groups is 1. The summed E-state index contributed by atoms with van der Waals surface area (Å²) in [5.74, 6) is -0.124. The molecule has 0 aliphatic carbocycles. The molecule has 3 heterocycles. The number of aryl methyl sites for hydroxylation is 1. The number of piperidine rings is 1. The standard InChI is InChI=1S/C29H31N3O3S/c1-21-10-7-8-16-31(21)27(33)20-30-19-23(24-14-5-6-15-25(24)30)18-26-28(34)32(29(35)36-26)17-9-13-22-11-3-2-4-12-22/h2-6,11-12,14-15,18-19,21H,7-10,13,16-17,20H2,1H3/b26-18-/t21-/m0/s1. The molecule has 2 aromatic carbocycles. The van der Waals surface area contributed by atoms with Crippen LogP contribution in [0.25, 0.3) is 17.0 Å². The highest BCUT2D eigenvalue weighted by Crippen LogP contribution is 2.34. The Morgan fingerprint density at radius 1 is 1.06 bits per heavy atom. The van der Waals surface area contributed by atoms with Gasteiger partial charge in [0.2, 0.25) is 5.91 Å². The van der Waals surface area contributed by atoms with Gasteiger partial charge in [-0.15, -0.1) is 0 Å². The lowest BCUT2D eigenvalue weighted by atomic mass is 10.0. The Balaban J connectivity index is 1.33. The Morgan fingerprint density at radius 2 is 1.83 bits per heavy atom. The maximum Gasteiger partial charge on any atom is 0.293 e. The Bertz CT molecular complexity index is 1310. The molecule has 2 aliphatic heterocycles. The summed E-state index contributed by atoms with van der Waals surface area (Å²) in [5, 5.41) is 0.741. The number of nitrogens with zero attached hydrogens (tertiary/aromatic N) is 3. The SMILES string of the molecule is C[C@H]1CCCCN1C(=O)Cn1cc(/C=C2\SC(=O)N(CCCc3ccccc3)C2=O)c2ccccc21. The summed E-state index contributed by atoms with van der Waals surface area (Å²) < 4.78 is 1.97. The molecule has 0 N–H and O–H groups in total. The highest BCUT2D eigenvalue weighted by Gasteiger charge is 2.34. The number of hydrogen-bond donors (Lipinski definition) is 0. The van der Waals surface area contributed by atoms with E-state index >= 15 is 0 Å². The molecule has 6 nitrogen and oxygen atoms in total. The van der Waals surface area contributed by atoms with E-state index in [4.69, 9.17) is 0 Å². The van der Waals surface area contributed by atoms with Gasteiger partial charge in [-0.2, -0.15) is 0 Å². The first-order valence-electron chi connectivity index (χ1n) is 12.7. The molecular weight excluding hydrogens is 470 g/mol. The number of para-hydroxylation sites is 1. The van der Waals surface area contributed by atoms with E-state index < -0.39 is 0 Å². The second kappa shape index (κ2) is 10.7. The van der Waals surface area contributed by atoms with Gasteiger partial charge in [-0.3, -0.25) is 19.3 Å². The molecule has 0 saturated carbocycles. The summed E-state index contributed by atoms with van der Waals surface area (Å²) >= 11 is 0.992. The molecule has 186 valence electrons. The molecule has 0 bridgehead atoms. The van der Waals surface area contributed by atoms with Gasteiger partial charge in [0, 0.05) is 41.8 Å². The smallest absolute Gasteiger partial charge is 0.293 e. The molecule has 36 heavy (non-hydrogen) atoms. The van der Waals surface area contributed by atoms with Crippen LogP contribution in [-0.2, 0) is 22.6 Å². The molecule has 7 heteroatoms. The molecule has 0 spiro atoms. The molecule has 2 aliphatic rings. The molecular formula is C29H31N3O3S. The summed E-state index contributed by atoms with van der Waals surface area (Å²) in [6, 6.07) is 18.2. The van der Waals surface area contributed by atoms with Gasteiger partial charge in [-0.05, 0) is 68.5 Å². The summed E-state index contributed by atoms with van der Waals surface area (Å²) in [6.45, 7) is 3.59. The fourth-order valence-corrected chi connectivity index (χ4v) is 6.00. The Hall–Kier alpha value is -3.32. The number of likely N-dealkylation sites (tertiary alicyclic amines) is 1. The van der Waals surface area contributed by atoms with Gasteiger partial charge in [0.25, 0.3) is 11.1 Å². The van der Waals surface area contributed by atoms with Crippen LogP contribution < -0.4 is 0 Å². The average molecular weight is 502 g/mol. The summed E-state index contributed by atoms with van der Waals surface area (Å²) in [6.07, 6.45) is 8.54. The fraction of sp³-hybridized carbons (Fsp3) is 0.345. The van der Waals surface area contributed by atoms with Crippen molar-refractivity contribution in [2.75, 3.05) is 13.1 Å². The molecule has 2 fully saturated rings. The van der Waals surface area contributed by atoms with E-state index in [9.17, 15) is 14.4 Å². The van der Waals surface area contributed by atoms with Crippen molar-refractivity contribution in [2.45, 2.75) is 51.6 Å². The predicted octanol–water partition coefficient (Wildman–Crippen LogP) is 5.71. The number of rotatable bonds is 7. The number of amides is 3. The minimum atomic E-state index is -0.242. The first-order chi connectivity index (χ1) is 17.5. The topological polar surface area (TPSA) is 62.6 Å².